The van der Waals surface area contributed by atoms with Gasteiger partial charge in [0.2, 0.25) is 0 Å². The van der Waals surface area contributed by atoms with Gasteiger partial charge in [0, 0.05) is 25.7 Å². The van der Waals surface area contributed by atoms with E-state index >= 15 is 0 Å². The quantitative estimate of drug-likeness (QED) is 0.743. The molecule has 3 nitrogen and oxygen atoms in total. The first-order valence-corrected chi connectivity index (χ1v) is 5.87. The van der Waals surface area contributed by atoms with Crippen LogP contribution < -0.4 is 11.1 Å². The van der Waals surface area contributed by atoms with Crippen LogP contribution in [-0.2, 0) is 0 Å². The molecule has 4 heteroatoms. The first-order chi connectivity index (χ1) is 6.68. The van der Waals surface area contributed by atoms with Crippen LogP contribution in [0.3, 0.4) is 0 Å². The summed E-state index contributed by atoms with van der Waals surface area (Å²) in [7, 11) is 0. The Balaban J connectivity index is 0.00000112. The molecule has 0 saturated carbocycles. The van der Waals surface area contributed by atoms with E-state index in [1.807, 2.05) is 0 Å². The minimum Gasteiger partial charge on any atom is -0.327 e. The van der Waals surface area contributed by atoms with Crippen LogP contribution in [-0.4, -0.2) is 43.7 Å². The summed E-state index contributed by atoms with van der Waals surface area (Å²) in [6.45, 7) is 8.36. The van der Waals surface area contributed by atoms with Gasteiger partial charge in [-0.25, -0.2) is 0 Å². The van der Waals surface area contributed by atoms with Crippen molar-refractivity contribution in [1.82, 2.24) is 10.2 Å². The van der Waals surface area contributed by atoms with Gasteiger partial charge in [0.05, 0.1) is 0 Å². The molecule has 0 amide bonds. The van der Waals surface area contributed by atoms with Crippen molar-refractivity contribution in [2.24, 2.45) is 11.1 Å². The third kappa shape index (κ3) is 3.59. The van der Waals surface area contributed by atoms with Crippen LogP contribution in [0.25, 0.3) is 0 Å². The van der Waals surface area contributed by atoms with Gasteiger partial charge >= 0.3 is 0 Å². The molecule has 2 fully saturated rings. The van der Waals surface area contributed by atoms with Crippen LogP contribution in [0.5, 0.6) is 0 Å². The van der Waals surface area contributed by atoms with E-state index in [2.05, 4.69) is 17.1 Å². The summed E-state index contributed by atoms with van der Waals surface area (Å²) in [5.41, 5.74) is 6.48. The zero-order valence-electron chi connectivity index (χ0n) is 9.67. The van der Waals surface area contributed by atoms with Crippen molar-refractivity contribution in [2.45, 2.75) is 32.2 Å². The van der Waals surface area contributed by atoms with Gasteiger partial charge in [0.1, 0.15) is 0 Å². The number of nitrogens with two attached hydrogens (primary N) is 1. The van der Waals surface area contributed by atoms with Gasteiger partial charge in [-0.2, -0.15) is 0 Å². The Bertz CT molecular complexity index is 192. The molecule has 15 heavy (non-hydrogen) atoms. The molecule has 0 radical (unpaired) electrons. The molecule has 2 aliphatic heterocycles. The van der Waals surface area contributed by atoms with Crippen molar-refractivity contribution in [3.8, 4) is 0 Å². The van der Waals surface area contributed by atoms with Gasteiger partial charge in [0.15, 0.2) is 0 Å². The monoisotopic (exact) mass is 233 g/mol. The summed E-state index contributed by atoms with van der Waals surface area (Å²) < 4.78 is 0. The number of piperidine rings is 1. The van der Waals surface area contributed by atoms with Crippen molar-refractivity contribution in [1.29, 1.82) is 0 Å². The number of hydrogen-bond donors (Lipinski definition) is 2. The minimum absolute atomic E-state index is 0. The zero-order chi connectivity index (χ0) is 10.0. The average Bonchev–Trinajstić information content (AvgIpc) is 2.51. The van der Waals surface area contributed by atoms with Gasteiger partial charge < -0.3 is 16.0 Å². The predicted octanol–water partition coefficient (Wildman–Crippen LogP) is 0.831. The molecule has 0 aromatic heterocycles. The lowest BCUT2D eigenvalue weighted by Gasteiger charge is -2.36. The Hall–Kier alpha value is 0.170. The van der Waals surface area contributed by atoms with E-state index < -0.39 is 0 Å². The molecule has 1 unspecified atom stereocenters. The lowest BCUT2D eigenvalue weighted by molar-refractivity contribution is 0.142. The van der Waals surface area contributed by atoms with E-state index in [1.165, 1.54) is 45.4 Å². The average molecular weight is 234 g/mol. The van der Waals surface area contributed by atoms with Crippen molar-refractivity contribution in [2.75, 3.05) is 32.7 Å². The van der Waals surface area contributed by atoms with Gasteiger partial charge in [-0.15, -0.1) is 12.4 Å². The summed E-state index contributed by atoms with van der Waals surface area (Å²) in [5.74, 6) is 0. The van der Waals surface area contributed by atoms with Crippen LogP contribution in [0, 0.1) is 5.41 Å². The fraction of sp³-hybridized carbons (Fsp3) is 1.00. The molecule has 0 aromatic rings. The second kappa shape index (κ2) is 5.48. The molecular formula is C11H24ClN3. The van der Waals surface area contributed by atoms with Gasteiger partial charge in [-0.3, -0.25) is 0 Å². The van der Waals surface area contributed by atoms with Gasteiger partial charge in [0.25, 0.3) is 0 Å². The zero-order valence-corrected chi connectivity index (χ0v) is 10.5. The van der Waals surface area contributed by atoms with Crippen LogP contribution in [0.2, 0.25) is 0 Å². The highest BCUT2D eigenvalue weighted by Gasteiger charge is 2.31. The highest BCUT2D eigenvalue weighted by molar-refractivity contribution is 5.85. The second-order valence-electron chi connectivity index (χ2n) is 5.37. The van der Waals surface area contributed by atoms with Crippen LogP contribution in [0.15, 0.2) is 0 Å². The molecule has 0 spiro atoms. The number of halogens is 1. The molecular weight excluding hydrogens is 210 g/mol. The third-order valence-corrected chi connectivity index (χ3v) is 3.60. The van der Waals surface area contributed by atoms with E-state index in [0.717, 1.165) is 6.54 Å². The van der Waals surface area contributed by atoms with Crippen molar-refractivity contribution in [3.05, 3.63) is 0 Å². The number of nitrogens with one attached hydrogen (secondary N) is 1. The first kappa shape index (κ1) is 13.2. The highest BCUT2D eigenvalue weighted by Crippen LogP contribution is 2.26. The van der Waals surface area contributed by atoms with E-state index in [1.54, 1.807) is 0 Å². The number of rotatable bonds is 2. The maximum Gasteiger partial charge on any atom is 0.0168 e. The number of nitrogens with zero attached hydrogens (tertiary/aromatic N) is 1. The van der Waals surface area contributed by atoms with Crippen LogP contribution in [0.1, 0.15) is 26.2 Å². The Morgan fingerprint density at radius 2 is 2.33 bits per heavy atom. The Kier molecular flexibility index (Phi) is 4.84. The lowest BCUT2D eigenvalue weighted by Crippen LogP contribution is -2.47. The van der Waals surface area contributed by atoms with E-state index in [0.29, 0.717) is 11.5 Å². The molecule has 2 atom stereocenters. The summed E-state index contributed by atoms with van der Waals surface area (Å²) in [6, 6.07) is 0.418. The maximum absolute atomic E-state index is 5.99. The summed E-state index contributed by atoms with van der Waals surface area (Å²) in [5, 5.41) is 3.46. The molecule has 2 heterocycles. The molecule has 0 bridgehead atoms. The predicted molar refractivity (Wildman–Crippen MR) is 66.5 cm³/mol. The summed E-state index contributed by atoms with van der Waals surface area (Å²) in [6.07, 6.45) is 3.81. The second-order valence-corrected chi connectivity index (χ2v) is 5.37. The number of likely N-dealkylation sites (tertiary alicyclic amines) is 1. The van der Waals surface area contributed by atoms with Gasteiger partial charge in [-0.05, 0) is 37.8 Å². The van der Waals surface area contributed by atoms with Crippen molar-refractivity contribution < 1.29 is 0 Å². The standard InChI is InChI=1S/C11H23N3.ClH/c1-11(4-5-13-8-11)9-14-6-2-3-10(12)7-14;/h10,13H,2-9,12H2,1H3;1H/t10-,11?;/m1./s1. The van der Waals surface area contributed by atoms with Crippen LogP contribution >= 0.6 is 12.4 Å². The van der Waals surface area contributed by atoms with Gasteiger partial charge in [-0.1, -0.05) is 6.92 Å². The molecule has 90 valence electrons. The van der Waals surface area contributed by atoms with Crippen molar-refractivity contribution in [3.63, 3.8) is 0 Å². The molecule has 0 aliphatic carbocycles. The van der Waals surface area contributed by atoms with E-state index in [4.69, 9.17) is 5.73 Å². The maximum atomic E-state index is 5.99. The largest absolute Gasteiger partial charge is 0.327 e. The lowest BCUT2D eigenvalue weighted by atomic mass is 9.88. The smallest absolute Gasteiger partial charge is 0.0168 e. The molecule has 0 aromatic carbocycles. The Morgan fingerprint density at radius 3 is 2.93 bits per heavy atom. The fourth-order valence-corrected chi connectivity index (χ4v) is 2.78. The molecule has 2 rings (SSSR count). The van der Waals surface area contributed by atoms with E-state index in [-0.39, 0.29) is 12.4 Å². The summed E-state index contributed by atoms with van der Waals surface area (Å²) >= 11 is 0. The first-order valence-electron chi connectivity index (χ1n) is 5.87. The molecule has 2 saturated heterocycles. The van der Waals surface area contributed by atoms with Crippen LogP contribution in [0.4, 0.5) is 0 Å². The molecule has 2 aliphatic rings. The highest BCUT2D eigenvalue weighted by atomic mass is 35.5. The molecule has 3 N–H and O–H groups in total. The Morgan fingerprint density at radius 1 is 1.53 bits per heavy atom. The third-order valence-electron chi connectivity index (χ3n) is 3.60. The fourth-order valence-electron chi connectivity index (χ4n) is 2.78. The van der Waals surface area contributed by atoms with Crippen molar-refractivity contribution >= 4 is 12.4 Å². The minimum atomic E-state index is 0. The topological polar surface area (TPSA) is 41.3 Å². The summed E-state index contributed by atoms with van der Waals surface area (Å²) in [4.78, 5) is 2.56. The number of hydrogen-bond acceptors (Lipinski definition) is 3. The van der Waals surface area contributed by atoms with E-state index in [9.17, 15) is 0 Å². The Labute approximate surface area is 99.2 Å². The SMILES string of the molecule is CC1(CN2CCC[C@@H](N)C2)CCNC1.Cl. The normalized spacial score (nSPS) is 37.6.